The Kier molecular flexibility index (Phi) is 5.34. The van der Waals surface area contributed by atoms with Crippen molar-refractivity contribution in [1.29, 1.82) is 0 Å². The van der Waals surface area contributed by atoms with Crippen molar-refractivity contribution in [3.8, 4) is 11.4 Å². The molecule has 0 radical (unpaired) electrons. The number of rotatable bonds is 3. The van der Waals surface area contributed by atoms with Crippen molar-refractivity contribution >= 4 is 23.2 Å². The minimum atomic E-state index is 0.527. The summed E-state index contributed by atoms with van der Waals surface area (Å²) in [6.45, 7) is 2.10. The molecule has 120 valence electrons. The zero-order valence-corrected chi connectivity index (χ0v) is 14.7. The number of hydrogen-bond acceptors (Lipinski definition) is 2. The lowest BCUT2D eigenvalue weighted by Crippen LogP contribution is -2.12. The van der Waals surface area contributed by atoms with Gasteiger partial charge in [-0.2, -0.15) is 0 Å². The van der Waals surface area contributed by atoms with Crippen molar-refractivity contribution in [1.82, 2.24) is 9.97 Å². The predicted octanol–water partition coefficient (Wildman–Crippen LogP) is 6.30. The summed E-state index contributed by atoms with van der Waals surface area (Å²) in [6.07, 6.45) is 13.4. The smallest absolute Gasteiger partial charge is 0.159 e. The van der Waals surface area contributed by atoms with Crippen LogP contribution in [0.1, 0.15) is 44.1 Å². The van der Waals surface area contributed by atoms with E-state index >= 15 is 0 Å². The second-order valence-corrected chi connectivity index (χ2v) is 6.92. The van der Waals surface area contributed by atoms with Crippen LogP contribution in [0.15, 0.2) is 42.7 Å². The van der Waals surface area contributed by atoms with Crippen LogP contribution in [0.5, 0.6) is 0 Å². The molecule has 0 unspecified atom stereocenters. The van der Waals surface area contributed by atoms with Crippen LogP contribution in [0.2, 0.25) is 10.0 Å². The minimum Gasteiger partial charge on any atom is -0.236 e. The molecular formula is C19H20Cl2N2. The fourth-order valence-corrected chi connectivity index (χ4v) is 3.55. The highest BCUT2D eigenvalue weighted by Crippen LogP contribution is 2.36. The van der Waals surface area contributed by atoms with Gasteiger partial charge in [0, 0.05) is 18.0 Å². The Balaban J connectivity index is 1.71. The second kappa shape index (κ2) is 7.46. The third-order valence-electron chi connectivity index (χ3n) is 4.56. The first-order chi connectivity index (χ1) is 11.2. The number of hydrogen-bond donors (Lipinski definition) is 0. The van der Waals surface area contributed by atoms with Crippen LogP contribution in [0, 0.1) is 5.92 Å². The van der Waals surface area contributed by atoms with Gasteiger partial charge in [0.05, 0.1) is 10.0 Å². The van der Waals surface area contributed by atoms with E-state index in [4.69, 9.17) is 23.2 Å². The molecule has 1 aromatic heterocycles. The molecule has 3 rings (SSSR count). The van der Waals surface area contributed by atoms with Gasteiger partial charge in [-0.05, 0) is 68.2 Å². The van der Waals surface area contributed by atoms with Gasteiger partial charge < -0.3 is 0 Å². The number of aromatic nitrogens is 2. The Morgan fingerprint density at radius 1 is 1.00 bits per heavy atom. The SMILES string of the molecule is CC=C[C@H]1CC[C@H](c2cnc(-c3ccc(Cl)c(Cl)c3)nc2)CC1. The van der Waals surface area contributed by atoms with Crippen LogP contribution in [-0.2, 0) is 0 Å². The predicted molar refractivity (Wildman–Crippen MR) is 97.0 cm³/mol. The van der Waals surface area contributed by atoms with Crippen molar-refractivity contribution < 1.29 is 0 Å². The number of benzene rings is 1. The van der Waals surface area contributed by atoms with Gasteiger partial charge in [-0.25, -0.2) is 9.97 Å². The van der Waals surface area contributed by atoms with E-state index in [1.807, 2.05) is 18.5 Å². The van der Waals surface area contributed by atoms with Crippen LogP contribution >= 0.6 is 23.2 Å². The van der Waals surface area contributed by atoms with Crippen molar-refractivity contribution in [2.45, 2.75) is 38.5 Å². The van der Waals surface area contributed by atoms with E-state index in [0.29, 0.717) is 21.8 Å². The van der Waals surface area contributed by atoms with Gasteiger partial charge in [0.25, 0.3) is 0 Å². The summed E-state index contributed by atoms with van der Waals surface area (Å²) in [7, 11) is 0. The maximum Gasteiger partial charge on any atom is 0.159 e. The van der Waals surface area contributed by atoms with Gasteiger partial charge >= 0.3 is 0 Å². The standard InChI is InChI=1S/C19H20Cl2N2/c1-2-3-13-4-6-14(7-5-13)16-11-22-19(23-12-16)15-8-9-17(20)18(21)10-15/h2-3,8-14H,4-7H2,1H3/t13-,14-. The number of halogens is 2. The lowest BCUT2D eigenvalue weighted by molar-refractivity contribution is 0.375. The molecule has 2 nitrogen and oxygen atoms in total. The summed E-state index contributed by atoms with van der Waals surface area (Å²) in [5.74, 6) is 2.02. The summed E-state index contributed by atoms with van der Waals surface area (Å²) >= 11 is 12.0. The van der Waals surface area contributed by atoms with Crippen LogP contribution in [0.3, 0.4) is 0 Å². The van der Waals surface area contributed by atoms with Crippen LogP contribution in [0.4, 0.5) is 0 Å². The molecule has 4 heteroatoms. The minimum absolute atomic E-state index is 0.527. The van der Waals surface area contributed by atoms with E-state index in [0.717, 1.165) is 11.5 Å². The van der Waals surface area contributed by atoms with Crippen molar-refractivity contribution in [2.24, 2.45) is 5.92 Å². The van der Waals surface area contributed by atoms with E-state index < -0.39 is 0 Å². The first kappa shape index (κ1) is 16.5. The second-order valence-electron chi connectivity index (χ2n) is 6.11. The quantitative estimate of drug-likeness (QED) is 0.609. The summed E-state index contributed by atoms with van der Waals surface area (Å²) in [6, 6.07) is 5.48. The Hall–Kier alpha value is -1.38. The van der Waals surface area contributed by atoms with E-state index in [2.05, 4.69) is 29.0 Å². The Morgan fingerprint density at radius 3 is 2.30 bits per heavy atom. The van der Waals surface area contributed by atoms with Crippen LogP contribution in [0.25, 0.3) is 11.4 Å². The molecule has 1 fully saturated rings. The van der Waals surface area contributed by atoms with Crippen molar-refractivity contribution in [2.75, 3.05) is 0 Å². The molecule has 23 heavy (non-hydrogen) atoms. The Labute approximate surface area is 147 Å². The molecule has 0 aliphatic heterocycles. The molecule has 1 saturated carbocycles. The molecule has 0 atom stereocenters. The third-order valence-corrected chi connectivity index (χ3v) is 5.30. The first-order valence-corrected chi connectivity index (χ1v) is 8.83. The molecule has 1 aliphatic carbocycles. The van der Waals surface area contributed by atoms with Gasteiger partial charge in [0.1, 0.15) is 0 Å². The lowest BCUT2D eigenvalue weighted by atomic mass is 9.79. The molecule has 0 spiro atoms. The van der Waals surface area contributed by atoms with Crippen molar-refractivity contribution in [3.05, 3.63) is 58.4 Å². The van der Waals surface area contributed by atoms with Gasteiger partial charge in [-0.1, -0.05) is 35.4 Å². The lowest BCUT2D eigenvalue weighted by Gasteiger charge is -2.26. The van der Waals surface area contributed by atoms with Gasteiger partial charge in [-0.15, -0.1) is 0 Å². The molecule has 0 N–H and O–H groups in total. The maximum absolute atomic E-state index is 6.06. The van der Waals surface area contributed by atoms with E-state index in [1.54, 1.807) is 12.1 Å². The first-order valence-electron chi connectivity index (χ1n) is 8.07. The molecule has 0 amide bonds. The maximum atomic E-state index is 6.06. The van der Waals surface area contributed by atoms with Gasteiger partial charge in [0.15, 0.2) is 5.82 Å². The van der Waals surface area contributed by atoms with Crippen molar-refractivity contribution in [3.63, 3.8) is 0 Å². The van der Waals surface area contributed by atoms with Crippen LogP contribution < -0.4 is 0 Å². The molecule has 1 heterocycles. The summed E-state index contributed by atoms with van der Waals surface area (Å²) in [4.78, 5) is 9.05. The van der Waals surface area contributed by atoms with E-state index in [9.17, 15) is 0 Å². The Bertz CT molecular complexity index is 687. The summed E-state index contributed by atoms with van der Waals surface area (Å²) in [5, 5.41) is 1.07. The fourth-order valence-electron chi connectivity index (χ4n) is 3.25. The molecule has 1 aliphatic rings. The molecule has 0 saturated heterocycles. The number of nitrogens with zero attached hydrogens (tertiary/aromatic N) is 2. The zero-order chi connectivity index (χ0) is 16.2. The molecule has 0 bridgehead atoms. The number of allylic oxidation sites excluding steroid dienone is 2. The average Bonchev–Trinajstić information content (AvgIpc) is 2.59. The zero-order valence-electron chi connectivity index (χ0n) is 13.2. The van der Waals surface area contributed by atoms with Gasteiger partial charge in [0.2, 0.25) is 0 Å². The molecular weight excluding hydrogens is 327 g/mol. The fraction of sp³-hybridized carbons (Fsp3) is 0.368. The van der Waals surface area contributed by atoms with E-state index in [-0.39, 0.29) is 0 Å². The van der Waals surface area contributed by atoms with Crippen LogP contribution in [-0.4, -0.2) is 9.97 Å². The topological polar surface area (TPSA) is 25.8 Å². The Morgan fingerprint density at radius 2 is 1.70 bits per heavy atom. The molecule has 1 aromatic carbocycles. The van der Waals surface area contributed by atoms with Gasteiger partial charge in [-0.3, -0.25) is 0 Å². The third kappa shape index (κ3) is 3.94. The monoisotopic (exact) mass is 346 g/mol. The summed E-state index contributed by atoms with van der Waals surface area (Å²) < 4.78 is 0. The summed E-state index contributed by atoms with van der Waals surface area (Å²) in [5.41, 5.74) is 2.13. The largest absolute Gasteiger partial charge is 0.236 e. The highest BCUT2D eigenvalue weighted by molar-refractivity contribution is 6.42. The average molecular weight is 347 g/mol. The van der Waals surface area contributed by atoms with E-state index in [1.165, 1.54) is 31.2 Å². The normalized spacial score (nSPS) is 21.7. The highest BCUT2D eigenvalue weighted by Gasteiger charge is 2.21. The highest BCUT2D eigenvalue weighted by atomic mass is 35.5. The molecule has 2 aromatic rings.